The maximum atomic E-state index is 15.0. The van der Waals surface area contributed by atoms with Gasteiger partial charge in [-0.15, -0.1) is 0 Å². The molecule has 1 heterocycles. The van der Waals surface area contributed by atoms with E-state index >= 15 is 4.39 Å². The molecule has 8 nitrogen and oxygen atoms in total. The molecule has 0 bridgehead atoms. The zero-order valence-electron chi connectivity index (χ0n) is 26.1. The third-order valence-corrected chi connectivity index (χ3v) is 9.04. The van der Waals surface area contributed by atoms with Crippen LogP contribution in [0.15, 0.2) is 70.0 Å². The summed E-state index contributed by atoms with van der Waals surface area (Å²) in [6.07, 6.45) is -4.69. The van der Waals surface area contributed by atoms with Gasteiger partial charge in [-0.2, -0.15) is 13.2 Å². The summed E-state index contributed by atoms with van der Waals surface area (Å²) >= 11 is 0. The number of alkyl halides is 3. The molecular formula is C34H33F4NO7S. The van der Waals surface area contributed by atoms with Crippen LogP contribution in [0.25, 0.3) is 11.1 Å². The van der Waals surface area contributed by atoms with E-state index in [9.17, 15) is 36.3 Å². The molecule has 250 valence electrons. The average molecular weight is 676 g/mol. The maximum absolute atomic E-state index is 15.0. The molecule has 0 aliphatic rings. The van der Waals surface area contributed by atoms with Crippen molar-refractivity contribution in [2.24, 2.45) is 0 Å². The Bertz CT molecular complexity index is 1880. The number of aliphatic hydroxyl groups is 1. The summed E-state index contributed by atoms with van der Waals surface area (Å²) in [5.41, 5.74) is 3.35. The SMILES string of the molecule is CCOC(=O)CS(=O)(=O)c1cc(-c2ccc(CN(Cc3ccc(C(F)(F)F)o3)C(=O)c3c(C)cc(C)cc3C)cc2)cc(F)c1CO. The summed E-state index contributed by atoms with van der Waals surface area (Å²) in [6, 6.07) is 14.2. The smallest absolute Gasteiger partial charge is 0.449 e. The van der Waals surface area contributed by atoms with E-state index < -0.39 is 62.3 Å². The zero-order chi connectivity index (χ0) is 34.7. The summed E-state index contributed by atoms with van der Waals surface area (Å²) in [4.78, 5) is 26.6. The van der Waals surface area contributed by atoms with Gasteiger partial charge in [-0.3, -0.25) is 9.59 Å². The highest BCUT2D eigenvalue weighted by Gasteiger charge is 2.35. The number of halogens is 4. The van der Waals surface area contributed by atoms with E-state index in [1.165, 1.54) is 17.9 Å². The van der Waals surface area contributed by atoms with Crippen molar-refractivity contribution in [3.8, 4) is 11.1 Å². The normalized spacial score (nSPS) is 11.9. The lowest BCUT2D eigenvalue weighted by Gasteiger charge is -2.24. The molecule has 0 spiro atoms. The van der Waals surface area contributed by atoms with Crippen LogP contribution in [0.5, 0.6) is 0 Å². The van der Waals surface area contributed by atoms with Gasteiger partial charge in [0.25, 0.3) is 5.91 Å². The van der Waals surface area contributed by atoms with Crippen molar-refractivity contribution in [1.29, 1.82) is 0 Å². The Kier molecular flexibility index (Phi) is 10.6. The standard InChI is InChI=1S/C34H33F4NO7S/c1-5-45-31(41)19-47(43,44)29-15-25(14-28(35)27(29)18-40)24-8-6-23(7-9-24)16-39(17-26-10-11-30(46-26)34(36,37)38)33(42)32-21(3)12-20(2)13-22(32)4/h6-15,40H,5,16-19H2,1-4H3. The van der Waals surface area contributed by atoms with Gasteiger partial charge in [-0.1, -0.05) is 42.0 Å². The fourth-order valence-electron chi connectivity index (χ4n) is 5.35. The van der Waals surface area contributed by atoms with E-state index in [0.29, 0.717) is 27.8 Å². The number of hydrogen-bond acceptors (Lipinski definition) is 7. The summed E-state index contributed by atoms with van der Waals surface area (Å²) in [7, 11) is -4.38. The van der Waals surface area contributed by atoms with Crippen LogP contribution in [0.4, 0.5) is 17.6 Å². The molecule has 47 heavy (non-hydrogen) atoms. The number of aliphatic hydroxyl groups excluding tert-OH is 1. The maximum Gasteiger partial charge on any atom is 0.449 e. The molecular weight excluding hydrogens is 642 g/mol. The number of nitrogens with zero attached hydrogens (tertiary/aromatic N) is 1. The van der Waals surface area contributed by atoms with Gasteiger partial charge in [0.1, 0.15) is 11.6 Å². The number of rotatable bonds is 11. The number of aryl methyl sites for hydroxylation is 3. The number of hydrogen-bond donors (Lipinski definition) is 1. The predicted octanol–water partition coefficient (Wildman–Crippen LogP) is 6.70. The highest BCUT2D eigenvalue weighted by molar-refractivity contribution is 7.92. The number of ether oxygens (including phenoxy) is 1. The highest BCUT2D eigenvalue weighted by atomic mass is 32.2. The van der Waals surface area contributed by atoms with Gasteiger partial charge in [0, 0.05) is 17.7 Å². The van der Waals surface area contributed by atoms with E-state index in [1.54, 1.807) is 38.1 Å². The van der Waals surface area contributed by atoms with E-state index in [2.05, 4.69) is 0 Å². The van der Waals surface area contributed by atoms with Crippen LogP contribution in [0, 0.1) is 26.6 Å². The predicted molar refractivity (Wildman–Crippen MR) is 164 cm³/mol. The molecule has 0 saturated carbocycles. The van der Waals surface area contributed by atoms with Crippen LogP contribution in [0.1, 0.15) is 56.6 Å². The number of carbonyl (C=O) groups excluding carboxylic acids is 2. The number of sulfone groups is 1. The molecule has 0 fully saturated rings. The third-order valence-electron chi connectivity index (χ3n) is 7.39. The number of esters is 1. The number of amides is 1. The fraction of sp³-hybridized carbons (Fsp3) is 0.294. The van der Waals surface area contributed by atoms with Crippen molar-refractivity contribution in [3.63, 3.8) is 0 Å². The van der Waals surface area contributed by atoms with Crippen LogP contribution in [0.2, 0.25) is 0 Å². The first kappa shape index (κ1) is 35.4. The van der Waals surface area contributed by atoms with Crippen molar-refractivity contribution < 1.29 is 49.8 Å². The van der Waals surface area contributed by atoms with Gasteiger partial charge < -0.3 is 19.2 Å². The molecule has 0 saturated heterocycles. The van der Waals surface area contributed by atoms with Gasteiger partial charge in [0.05, 0.1) is 24.7 Å². The largest absolute Gasteiger partial charge is 0.465 e. The van der Waals surface area contributed by atoms with Crippen LogP contribution in [-0.2, 0) is 45.2 Å². The topological polar surface area (TPSA) is 114 Å². The number of benzene rings is 3. The van der Waals surface area contributed by atoms with Gasteiger partial charge in [0.15, 0.2) is 15.6 Å². The Balaban J connectivity index is 1.68. The molecule has 0 aliphatic carbocycles. The van der Waals surface area contributed by atoms with Gasteiger partial charge in [0.2, 0.25) is 5.76 Å². The lowest BCUT2D eigenvalue weighted by atomic mass is 9.98. The third kappa shape index (κ3) is 8.27. The van der Waals surface area contributed by atoms with Gasteiger partial charge in [-0.05, 0) is 79.8 Å². The summed E-state index contributed by atoms with van der Waals surface area (Å²) in [6.45, 7) is 5.67. The summed E-state index contributed by atoms with van der Waals surface area (Å²) < 4.78 is 90.3. The lowest BCUT2D eigenvalue weighted by Crippen LogP contribution is -2.31. The summed E-state index contributed by atoms with van der Waals surface area (Å²) in [5.74, 6) is -4.73. The second-order valence-corrected chi connectivity index (χ2v) is 13.0. The Labute approximate surface area is 269 Å². The minimum Gasteiger partial charge on any atom is -0.465 e. The Morgan fingerprint density at radius 2 is 1.55 bits per heavy atom. The van der Waals surface area contributed by atoms with Crippen LogP contribution < -0.4 is 0 Å². The van der Waals surface area contributed by atoms with Crippen molar-refractivity contribution in [3.05, 3.63) is 111 Å². The fourth-order valence-corrected chi connectivity index (χ4v) is 6.74. The molecule has 3 aromatic carbocycles. The minimum atomic E-state index is -4.69. The Morgan fingerprint density at radius 3 is 2.11 bits per heavy atom. The molecule has 1 aromatic heterocycles. The Hall–Kier alpha value is -4.49. The second-order valence-electron chi connectivity index (χ2n) is 11.1. The first-order valence-electron chi connectivity index (χ1n) is 14.5. The van der Waals surface area contributed by atoms with E-state index in [1.807, 2.05) is 19.1 Å². The van der Waals surface area contributed by atoms with E-state index in [4.69, 9.17) is 9.15 Å². The highest BCUT2D eigenvalue weighted by Crippen LogP contribution is 2.32. The minimum absolute atomic E-state index is 0.0368. The molecule has 4 aromatic rings. The molecule has 13 heteroatoms. The number of carbonyl (C=O) groups is 2. The molecule has 1 N–H and O–H groups in total. The molecule has 0 unspecified atom stereocenters. The van der Waals surface area contributed by atoms with Crippen molar-refractivity contribution in [1.82, 2.24) is 4.90 Å². The molecule has 0 atom stereocenters. The van der Waals surface area contributed by atoms with Crippen molar-refractivity contribution in [2.45, 2.75) is 58.5 Å². The Morgan fingerprint density at radius 1 is 0.915 bits per heavy atom. The second kappa shape index (κ2) is 14.1. The van der Waals surface area contributed by atoms with Crippen molar-refractivity contribution in [2.75, 3.05) is 12.4 Å². The van der Waals surface area contributed by atoms with Crippen molar-refractivity contribution >= 4 is 21.7 Å². The first-order chi connectivity index (χ1) is 22.0. The van der Waals surface area contributed by atoms with Crippen LogP contribution >= 0.6 is 0 Å². The molecule has 0 aliphatic heterocycles. The number of furan rings is 1. The monoisotopic (exact) mass is 675 g/mol. The molecule has 0 radical (unpaired) electrons. The quantitative estimate of drug-likeness (QED) is 0.139. The zero-order valence-corrected chi connectivity index (χ0v) is 26.9. The van der Waals surface area contributed by atoms with Crippen LogP contribution in [0.3, 0.4) is 0 Å². The average Bonchev–Trinajstić information content (AvgIpc) is 3.45. The van der Waals surface area contributed by atoms with E-state index in [-0.39, 0.29) is 31.0 Å². The van der Waals surface area contributed by atoms with E-state index in [0.717, 1.165) is 23.8 Å². The van der Waals surface area contributed by atoms with Crippen LogP contribution in [-0.4, -0.2) is 42.7 Å². The summed E-state index contributed by atoms with van der Waals surface area (Å²) in [5, 5.41) is 9.69. The lowest BCUT2D eigenvalue weighted by molar-refractivity contribution is -0.153. The molecule has 1 amide bonds. The first-order valence-corrected chi connectivity index (χ1v) is 16.1. The molecule has 4 rings (SSSR count). The van der Waals surface area contributed by atoms with Gasteiger partial charge in [-0.25, -0.2) is 12.8 Å². The van der Waals surface area contributed by atoms with Gasteiger partial charge >= 0.3 is 12.1 Å².